The summed E-state index contributed by atoms with van der Waals surface area (Å²) in [6, 6.07) is 8.27. The molecule has 5 rings (SSSR count). The zero-order valence-electron chi connectivity index (χ0n) is 18.8. The fourth-order valence-electron chi connectivity index (χ4n) is 4.72. The monoisotopic (exact) mass is 478 g/mol. The molecule has 0 unspecified atom stereocenters. The van der Waals surface area contributed by atoms with E-state index in [1.807, 2.05) is 5.38 Å². The van der Waals surface area contributed by atoms with Gasteiger partial charge in [-0.1, -0.05) is 19.3 Å². The summed E-state index contributed by atoms with van der Waals surface area (Å²) in [7, 11) is 1.73. The summed E-state index contributed by atoms with van der Waals surface area (Å²) < 4.78 is 1.55. The number of thiophene rings is 1. The zero-order chi connectivity index (χ0) is 23.8. The lowest BCUT2D eigenvalue weighted by molar-refractivity contribution is -0.117. The molecule has 0 bridgehead atoms. The Morgan fingerprint density at radius 1 is 1.12 bits per heavy atom. The molecule has 3 heterocycles. The van der Waals surface area contributed by atoms with Gasteiger partial charge in [-0.25, -0.2) is 4.90 Å². The van der Waals surface area contributed by atoms with Crippen LogP contribution in [0.3, 0.4) is 0 Å². The molecule has 2 aromatic heterocycles. The van der Waals surface area contributed by atoms with Crippen molar-refractivity contribution in [2.45, 2.75) is 38.5 Å². The number of anilines is 2. The van der Waals surface area contributed by atoms with Gasteiger partial charge < -0.3 is 15.5 Å². The molecule has 0 saturated heterocycles. The van der Waals surface area contributed by atoms with E-state index in [0.29, 0.717) is 45.4 Å². The molecule has 1 aliphatic carbocycles. The van der Waals surface area contributed by atoms with E-state index in [2.05, 4.69) is 10.4 Å². The van der Waals surface area contributed by atoms with Crippen molar-refractivity contribution in [1.29, 1.82) is 0 Å². The van der Waals surface area contributed by atoms with Gasteiger partial charge in [0.2, 0.25) is 11.8 Å². The average molecular weight is 479 g/mol. The van der Waals surface area contributed by atoms with E-state index in [4.69, 9.17) is 0 Å². The van der Waals surface area contributed by atoms with E-state index in [1.165, 1.54) is 30.6 Å². The van der Waals surface area contributed by atoms with Gasteiger partial charge in [0.05, 0.1) is 16.1 Å². The number of aliphatic hydroxyl groups is 2. The largest absolute Gasteiger partial charge is 0.503 e. The molecule has 176 valence electrons. The predicted molar refractivity (Wildman–Crippen MR) is 132 cm³/mol. The van der Waals surface area contributed by atoms with Gasteiger partial charge in [-0.3, -0.25) is 14.3 Å². The van der Waals surface area contributed by atoms with E-state index in [9.17, 15) is 19.8 Å². The van der Waals surface area contributed by atoms with Crippen molar-refractivity contribution in [3.05, 3.63) is 58.9 Å². The summed E-state index contributed by atoms with van der Waals surface area (Å²) >= 11 is 1.37. The summed E-state index contributed by atoms with van der Waals surface area (Å²) in [5.41, 5.74) is 2.23. The molecule has 3 N–H and O–H groups in total. The third-order valence-electron chi connectivity index (χ3n) is 6.43. The number of aliphatic hydroxyl groups excluding tert-OH is 2. The van der Waals surface area contributed by atoms with Crippen LogP contribution in [0.4, 0.5) is 11.4 Å². The van der Waals surface area contributed by atoms with Crippen LogP contribution in [0.1, 0.15) is 54.4 Å². The van der Waals surface area contributed by atoms with Gasteiger partial charge in [0.15, 0.2) is 5.76 Å². The second kappa shape index (κ2) is 8.98. The first-order chi connectivity index (χ1) is 16.4. The third-order valence-corrected chi connectivity index (χ3v) is 7.34. The maximum atomic E-state index is 13.4. The molecule has 2 aliphatic rings. The highest BCUT2D eigenvalue weighted by molar-refractivity contribution is 7.14. The van der Waals surface area contributed by atoms with Crippen molar-refractivity contribution < 1.29 is 19.8 Å². The minimum Gasteiger partial charge on any atom is -0.503 e. The molecule has 8 nitrogen and oxygen atoms in total. The highest BCUT2D eigenvalue weighted by Crippen LogP contribution is 2.44. The minimum atomic E-state index is -0.554. The minimum absolute atomic E-state index is 0.0162. The van der Waals surface area contributed by atoms with E-state index in [1.54, 1.807) is 48.3 Å². The number of aromatic nitrogens is 2. The van der Waals surface area contributed by atoms with Crippen LogP contribution in [0.5, 0.6) is 0 Å². The van der Waals surface area contributed by atoms with Crippen molar-refractivity contribution >= 4 is 40.3 Å². The van der Waals surface area contributed by atoms with E-state index in [-0.39, 0.29) is 5.91 Å². The second-order valence-corrected chi connectivity index (χ2v) is 9.76. The molecule has 34 heavy (non-hydrogen) atoms. The number of hydrogen-bond acceptors (Lipinski definition) is 6. The summed E-state index contributed by atoms with van der Waals surface area (Å²) in [5, 5.41) is 30.7. The van der Waals surface area contributed by atoms with Crippen LogP contribution in [0.15, 0.2) is 47.8 Å². The Balaban J connectivity index is 1.37. The first-order valence-corrected chi connectivity index (χ1v) is 12.3. The number of rotatable bonds is 4. The lowest BCUT2D eigenvalue weighted by atomic mass is 9.87. The molecule has 3 aromatic rings. The maximum Gasteiger partial charge on any atom is 0.265 e. The highest BCUT2D eigenvalue weighted by Gasteiger charge is 2.34. The summed E-state index contributed by atoms with van der Waals surface area (Å²) in [5.74, 6) is -1.04. The Bertz CT molecular complexity index is 1270. The van der Waals surface area contributed by atoms with Crippen LogP contribution >= 0.6 is 11.3 Å². The Labute approximate surface area is 201 Å². The molecular weight excluding hydrogens is 452 g/mol. The van der Waals surface area contributed by atoms with Gasteiger partial charge in [0.25, 0.3) is 5.91 Å². The molecule has 1 fully saturated rings. The molecule has 1 aromatic carbocycles. The number of benzene rings is 1. The number of amides is 2. The van der Waals surface area contributed by atoms with Crippen LogP contribution in [0.25, 0.3) is 16.3 Å². The van der Waals surface area contributed by atoms with Gasteiger partial charge >= 0.3 is 0 Å². The van der Waals surface area contributed by atoms with Crippen LogP contribution in [0.2, 0.25) is 0 Å². The molecule has 0 atom stereocenters. The second-order valence-electron chi connectivity index (χ2n) is 8.85. The van der Waals surface area contributed by atoms with E-state index in [0.717, 1.165) is 17.7 Å². The standard InChI is InChI=1S/C25H26N4O4S/c1-28-14-18-21(27-28)23-19(11-12-34-23)29(25(33)22(18)31)24(32)16-7-9-17(10-8-16)26-20(30)13-15-5-3-2-4-6-15/h7-12,14-15,31,33H,2-6,13H2,1H3,(H,26,30). The Morgan fingerprint density at radius 2 is 1.85 bits per heavy atom. The van der Waals surface area contributed by atoms with Crippen LogP contribution in [-0.4, -0.2) is 31.8 Å². The zero-order valence-corrected chi connectivity index (χ0v) is 19.6. The average Bonchev–Trinajstić information content (AvgIpc) is 3.44. The lowest BCUT2D eigenvalue weighted by Crippen LogP contribution is -2.30. The van der Waals surface area contributed by atoms with E-state index >= 15 is 0 Å². The van der Waals surface area contributed by atoms with Crippen molar-refractivity contribution in [1.82, 2.24) is 9.78 Å². The molecular formula is C25H26N4O4S. The van der Waals surface area contributed by atoms with Crippen molar-refractivity contribution in [3.63, 3.8) is 0 Å². The highest BCUT2D eigenvalue weighted by atomic mass is 32.1. The number of hydrogen-bond donors (Lipinski definition) is 3. The topological polar surface area (TPSA) is 108 Å². The third kappa shape index (κ3) is 4.07. The summed E-state index contributed by atoms with van der Waals surface area (Å²) in [6.45, 7) is 0. The SMILES string of the molecule is Cn1cc2c(n1)-c1sccc1N(C(=O)c1ccc(NC(=O)CC3CCCCC3)cc1)C(O)=C2O. The quantitative estimate of drug-likeness (QED) is 0.461. The first-order valence-electron chi connectivity index (χ1n) is 11.4. The summed E-state index contributed by atoms with van der Waals surface area (Å²) in [4.78, 5) is 27.6. The van der Waals surface area contributed by atoms with Crippen LogP contribution < -0.4 is 10.2 Å². The Kier molecular flexibility index (Phi) is 5.87. The maximum absolute atomic E-state index is 13.4. The number of aryl methyl sites for hydroxylation is 1. The number of nitrogens with one attached hydrogen (secondary N) is 1. The molecule has 2 amide bonds. The van der Waals surface area contributed by atoms with Gasteiger partial charge in [-0.05, 0) is 54.5 Å². The first kappa shape index (κ1) is 22.2. The smallest absolute Gasteiger partial charge is 0.265 e. The predicted octanol–water partition coefficient (Wildman–Crippen LogP) is 5.46. The summed E-state index contributed by atoms with van der Waals surface area (Å²) in [6.07, 6.45) is 7.95. The molecule has 1 saturated carbocycles. The number of nitrogens with zero attached hydrogens (tertiary/aromatic N) is 3. The Morgan fingerprint density at radius 3 is 2.59 bits per heavy atom. The fourth-order valence-corrected chi connectivity index (χ4v) is 5.60. The van der Waals surface area contributed by atoms with E-state index < -0.39 is 17.5 Å². The number of carbonyl (C=O) groups is 2. The normalized spacial score (nSPS) is 16.1. The molecule has 0 radical (unpaired) electrons. The van der Waals surface area contributed by atoms with Crippen molar-refractivity contribution in [3.8, 4) is 10.6 Å². The van der Waals surface area contributed by atoms with Crippen molar-refractivity contribution in [2.24, 2.45) is 13.0 Å². The number of carbonyl (C=O) groups excluding carboxylic acids is 2. The number of fused-ring (bicyclic) bond motifs is 3. The van der Waals surface area contributed by atoms with Gasteiger partial charge in [-0.15, -0.1) is 11.3 Å². The lowest BCUT2D eigenvalue weighted by Gasteiger charge is -2.21. The van der Waals surface area contributed by atoms with Crippen molar-refractivity contribution in [2.75, 3.05) is 10.2 Å². The molecule has 0 spiro atoms. The van der Waals surface area contributed by atoms with Gasteiger partial charge in [0, 0.05) is 30.9 Å². The van der Waals surface area contributed by atoms with Gasteiger partial charge in [0.1, 0.15) is 5.69 Å². The fraction of sp³-hybridized carbons (Fsp3) is 0.320. The Hall–Kier alpha value is -3.59. The van der Waals surface area contributed by atoms with Crippen LogP contribution in [-0.2, 0) is 11.8 Å². The van der Waals surface area contributed by atoms with Crippen LogP contribution in [0, 0.1) is 5.92 Å². The molecule has 1 aliphatic heterocycles. The molecule has 9 heteroatoms. The van der Waals surface area contributed by atoms with Gasteiger partial charge in [-0.2, -0.15) is 5.10 Å².